The highest BCUT2D eigenvalue weighted by Gasteiger charge is 2.22. The van der Waals surface area contributed by atoms with Gasteiger partial charge in [0.2, 0.25) is 0 Å². The molecule has 1 aromatic carbocycles. The number of nitrogens with two attached hydrogens (primary N) is 1. The molecule has 0 saturated carbocycles. The second-order valence-electron chi connectivity index (χ2n) is 2.95. The third-order valence-electron chi connectivity index (χ3n) is 2.27. The van der Waals surface area contributed by atoms with E-state index in [1.165, 1.54) is 16.7 Å². The Morgan fingerprint density at radius 1 is 1.50 bits per heavy atom. The SMILES string of the molecule is Cc1cccc2c1CC2N. The van der Waals surface area contributed by atoms with Crippen molar-refractivity contribution >= 4 is 0 Å². The lowest BCUT2D eigenvalue weighted by Crippen LogP contribution is -2.25. The van der Waals surface area contributed by atoms with Crippen LogP contribution < -0.4 is 5.73 Å². The Kier molecular flexibility index (Phi) is 1.08. The van der Waals surface area contributed by atoms with Crippen molar-refractivity contribution in [3.63, 3.8) is 0 Å². The second-order valence-corrected chi connectivity index (χ2v) is 2.95. The largest absolute Gasteiger partial charge is 0.324 e. The first kappa shape index (κ1) is 5.93. The van der Waals surface area contributed by atoms with E-state index in [0.717, 1.165) is 6.42 Å². The lowest BCUT2D eigenvalue weighted by molar-refractivity contribution is 0.631. The zero-order valence-corrected chi connectivity index (χ0v) is 6.09. The van der Waals surface area contributed by atoms with Crippen LogP contribution in [0.2, 0.25) is 0 Å². The average Bonchev–Trinajstić information content (AvgIpc) is 1.91. The van der Waals surface area contributed by atoms with Gasteiger partial charge in [0.05, 0.1) is 0 Å². The molecule has 1 aliphatic carbocycles. The molecular formula is C9H11N. The molecule has 1 aliphatic rings. The molecule has 0 spiro atoms. The van der Waals surface area contributed by atoms with Crippen LogP contribution in [0.1, 0.15) is 22.7 Å². The molecule has 0 bridgehead atoms. The summed E-state index contributed by atoms with van der Waals surface area (Å²) in [6.07, 6.45) is 1.07. The molecule has 0 aromatic heterocycles. The van der Waals surface area contributed by atoms with E-state index in [1.807, 2.05) is 0 Å². The van der Waals surface area contributed by atoms with Crippen molar-refractivity contribution in [2.24, 2.45) is 5.73 Å². The number of hydrogen-bond donors (Lipinski definition) is 1. The van der Waals surface area contributed by atoms with E-state index in [1.54, 1.807) is 0 Å². The van der Waals surface area contributed by atoms with Gasteiger partial charge in [0.25, 0.3) is 0 Å². The van der Waals surface area contributed by atoms with Crippen molar-refractivity contribution in [3.8, 4) is 0 Å². The van der Waals surface area contributed by atoms with Gasteiger partial charge < -0.3 is 5.73 Å². The minimum Gasteiger partial charge on any atom is -0.324 e. The standard InChI is InChI=1S/C9H11N/c1-6-3-2-4-7-8(6)5-9(7)10/h2-4,9H,5,10H2,1H3. The van der Waals surface area contributed by atoms with E-state index in [9.17, 15) is 0 Å². The molecule has 10 heavy (non-hydrogen) atoms. The molecule has 1 aromatic rings. The van der Waals surface area contributed by atoms with Crippen molar-refractivity contribution in [1.82, 2.24) is 0 Å². The van der Waals surface area contributed by atoms with Crippen LogP contribution in [0.15, 0.2) is 18.2 Å². The predicted octanol–water partition coefficient (Wildman–Crippen LogP) is 1.55. The molecule has 0 amide bonds. The molecule has 1 unspecified atom stereocenters. The number of aryl methyl sites for hydroxylation is 1. The Hall–Kier alpha value is -0.820. The van der Waals surface area contributed by atoms with Gasteiger partial charge in [0.15, 0.2) is 0 Å². The first-order chi connectivity index (χ1) is 4.79. The zero-order valence-electron chi connectivity index (χ0n) is 6.09. The van der Waals surface area contributed by atoms with Crippen LogP contribution in [0.5, 0.6) is 0 Å². The van der Waals surface area contributed by atoms with Crippen LogP contribution in [0.3, 0.4) is 0 Å². The summed E-state index contributed by atoms with van der Waals surface area (Å²) in [5.74, 6) is 0. The van der Waals surface area contributed by atoms with Crippen LogP contribution in [0.25, 0.3) is 0 Å². The minimum absolute atomic E-state index is 0.315. The Morgan fingerprint density at radius 3 is 2.90 bits per heavy atom. The van der Waals surface area contributed by atoms with Crippen molar-refractivity contribution in [2.75, 3.05) is 0 Å². The number of rotatable bonds is 0. The van der Waals surface area contributed by atoms with Gasteiger partial charge in [0.1, 0.15) is 0 Å². The van der Waals surface area contributed by atoms with Crippen molar-refractivity contribution in [2.45, 2.75) is 19.4 Å². The van der Waals surface area contributed by atoms with Crippen molar-refractivity contribution in [3.05, 3.63) is 34.9 Å². The predicted molar refractivity (Wildman–Crippen MR) is 41.8 cm³/mol. The number of benzene rings is 1. The van der Waals surface area contributed by atoms with Crippen molar-refractivity contribution < 1.29 is 0 Å². The highest BCUT2D eigenvalue weighted by molar-refractivity contribution is 5.44. The van der Waals surface area contributed by atoms with Gasteiger partial charge in [-0.25, -0.2) is 0 Å². The monoisotopic (exact) mass is 133 g/mol. The van der Waals surface area contributed by atoms with Gasteiger partial charge in [-0.3, -0.25) is 0 Å². The van der Waals surface area contributed by atoms with Gasteiger partial charge in [-0.05, 0) is 30.0 Å². The zero-order chi connectivity index (χ0) is 7.14. The Labute approximate surface area is 60.9 Å². The van der Waals surface area contributed by atoms with Crippen LogP contribution in [-0.4, -0.2) is 0 Å². The fourth-order valence-corrected chi connectivity index (χ4v) is 1.55. The van der Waals surface area contributed by atoms with Crippen LogP contribution in [-0.2, 0) is 6.42 Å². The minimum atomic E-state index is 0.315. The summed E-state index contributed by atoms with van der Waals surface area (Å²) in [6, 6.07) is 6.66. The highest BCUT2D eigenvalue weighted by Crippen LogP contribution is 2.32. The van der Waals surface area contributed by atoms with E-state index < -0.39 is 0 Å². The van der Waals surface area contributed by atoms with Crippen LogP contribution in [0.4, 0.5) is 0 Å². The third kappa shape index (κ3) is 0.611. The first-order valence-electron chi connectivity index (χ1n) is 3.63. The summed E-state index contributed by atoms with van der Waals surface area (Å²) < 4.78 is 0. The lowest BCUT2D eigenvalue weighted by Gasteiger charge is -2.28. The summed E-state index contributed by atoms with van der Waals surface area (Å²) in [4.78, 5) is 0. The summed E-state index contributed by atoms with van der Waals surface area (Å²) in [6.45, 7) is 2.14. The van der Waals surface area contributed by atoms with E-state index in [0.29, 0.717) is 6.04 Å². The smallest absolute Gasteiger partial charge is 0.0338 e. The molecular weight excluding hydrogens is 122 g/mol. The van der Waals surface area contributed by atoms with Gasteiger partial charge in [-0.2, -0.15) is 0 Å². The van der Waals surface area contributed by atoms with E-state index >= 15 is 0 Å². The fourth-order valence-electron chi connectivity index (χ4n) is 1.55. The van der Waals surface area contributed by atoms with Crippen LogP contribution in [0, 0.1) is 6.92 Å². The molecule has 0 heterocycles. The van der Waals surface area contributed by atoms with E-state index in [-0.39, 0.29) is 0 Å². The summed E-state index contributed by atoms with van der Waals surface area (Å²) >= 11 is 0. The van der Waals surface area contributed by atoms with Gasteiger partial charge in [0, 0.05) is 6.04 Å². The summed E-state index contributed by atoms with van der Waals surface area (Å²) in [7, 11) is 0. The maximum Gasteiger partial charge on any atom is 0.0338 e. The highest BCUT2D eigenvalue weighted by atomic mass is 14.7. The maximum absolute atomic E-state index is 5.76. The normalized spacial score (nSPS) is 21.6. The van der Waals surface area contributed by atoms with E-state index in [2.05, 4.69) is 25.1 Å². The number of fused-ring (bicyclic) bond motifs is 1. The van der Waals surface area contributed by atoms with E-state index in [4.69, 9.17) is 5.73 Å². The van der Waals surface area contributed by atoms with Crippen molar-refractivity contribution in [1.29, 1.82) is 0 Å². The van der Waals surface area contributed by atoms with Crippen LogP contribution >= 0.6 is 0 Å². The topological polar surface area (TPSA) is 26.0 Å². The Bertz CT molecular complexity index is 265. The molecule has 1 nitrogen and oxygen atoms in total. The molecule has 0 radical (unpaired) electrons. The molecule has 0 aliphatic heterocycles. The fraction of sp³-hybridized carbons (Fsp3) is 0.333. The maximum atomic E-state index is 5.76. The average molecular weight is 133 g/mol. The lowest BCUT2D eigenvalue weighted by atomic mass is 9.81. The molecule has 0 saturated heterocycles. The number of hydrogen-bond acceptors (Lipinski definition) is 1. The summed E-state index contributed by atoms with van der Waals surface area (Å²) in [5.41, 5.74) is 9.96. The Morgan fingerprint density at radius 2 is 2.30 bits per heavy atom. The first-order valence-corrected chi connectivity index (χ1v) is 3.63. The second kappa shape index (κ2) is 1.83. The Balaban J connectivity index is 2.56. The molecule has 1 heteroatoms. The molecule has 52 valence electrons. The van der Waals surface area contributed by atoms with Gasteiger partial charge >= 0.3 is 0 Å². The molecule has 0 fully saturated rings. The quantitative estimate of drug-likeness (QED) is 0.571. The molecule has 1 atom stereocenters. The third-order valence-corrected chi connectivity index (χ3v) is 2.27. The summed E-state index contributed by atoms with van der Waals surface area (Å²) in [5, 5.41) is 0. The molecule has 2 rings (SSSR count). The van der Waals surface area contributed by atoms with Gasteiger partial charge in [-0.15, -0.1) is 0 Å². The van der Waals surface area contributed by atoms with Gasteiger partial charge in [-0.1, -0.05) is 18.2 Å². The molecule has 2 N–H and O–H groups in total.